The quantitative estimate of drug-likeness (QED) is 0.685. The Balaban J connectivity index is 2.18. The predicted octanol–water partition coefficient (Wildman–Crippen LogP) is 2.19. The van der Waals surface area contributed by atoms with Crippen LogP contribution in [0.3, 0.4) is 0 Å². The molecule has 0 spiro atoms. The SMILES string of the molecule is COCc1cc(CNC(C)CCCC(C)C(=O)O)no1. The largest absolute Gasteiger partial charge is 0.481 e. The number of hydrogen-bond acceptors (Lipinski definition) is 5. The van der Waals surface area contributed by atoms with Gasteiger partial charge >= 0.3 is 5.97 Å². The zero-order valence-corrected chi connectivity index (χ0v) is 12.4. The zero-order chi connectivity index (χ0) is 15.0. The van der Waals surface area contributed by atoms with Crippen molar-refractivity contribution >= 4 is 5.97 Å². The molecular formula is C14H24N2O4. The molecule has 20 heavy (non-hydrogen) atoms. The molecule has 0 fully saturated rings. The number of rotatable bonds is 10. The fraction of sp³-hybridized carbons (Fsp3) is 0.714. The van der Waals surface area contributed by atoms with Crippen LogP contribution in [0.15, 0.2) is 10.6 Å². The standard InChI is InChI=1S/C14H24N2O4/c1-10(14(17)18)5-4-6-11(2)15-8-12-7-13(9-19-3)20-16-12/h7,10-11,15H,4-6,8-9H2,1-3H3,(H,17,18). The molecule has 0 aromatic carbocycles. The van der Waals surface area contributed by atoms with Crippen LogP contribution >= 0.6 is 0 Å². The van der Waals surface area contributed by atoms with Crippen LogP contribution in [0.4, 0.5) is 0 Å². The maximum atomic E-state index is 10.7. The molecule has 0 amide bonds. The van der Waals surface area contributed by atoms with E-state index < -0.39 is 5.97 Å². The molecule has 0 radical (unpaired) electrons. The Morgan fingerprint density at radius 1 is 1.50 bits per heavy atom. The maximum Gasteiger partial charge on any atom is 0.306 e. The van der Waals surface area contributed by atoms with Crippen molar-refractivity contribution in [1.29, 1.82) is 0 Å². The molecule has 2 unspecified atom stereocenters. The topological polar surface area (TPSA) is 84.6 Å². The van der Waals surface area contributed by atoms with Crippen LogP contribution in [-0.2, 0) is 22.7 Å². The average Bonchev–Trinajstić information content (AvgIpc) is 2.84. The highest BCUT2D eigenvalue weighted by Crippen LogP contribution is 2.10. The molecule has 6 nitrogen and oxygen atoms in total. The summed E-state index contributed by atoms with van der Waals surface area (Å²) in [5.74, 6) is -0.277. The van der Waals surface area contributed by atoms with Crippen LogP contribution < -0.4 is 5.32 Å². The molecule has 0 aliphatic rings. The smallest absolute Gasteiger partial charge is 0.306 e. The lowest BCUT2D eigenvalue weighted by atomic mass is 10.0. The van der Waals surface area contributed by atoms with E-state index in [1.807, 2.05) is 6.07 Å². The molecule has 1 rings (SSSR count). The fourth-order valence-corrected chi connectivity index (χ4v) is 1.88. The van der Waals surface area contributed by atoms with Crippen molar-refractivity contribution in [2.24, 2.45) is 5.92 Å². The van der Waals surface area contributed by atoms with E-state index in [4.69, 9.17) is 14.4 Å². The van der Waals surface area contributed by atoms with Gasteiger partial charge in [0.25, 0.3) is 0 Å². The lowest BCUT2D eigenvalue weighted by Crippen LogP contribution is -2.25. The van der Waals surface area contributed by atoms with Gasteiger partial charge in [-0.25, -0.2) is 0 Å². The van der Waals surface area contributed by atoms with Crippen LogP contribution in [0, 0.1) is 5.92 Å². The average molecular weight is 284 g/mol. The Labute approximate surface area is 119 Å². The Kier molecular flexibility index (Phi) is 7.25. The highest BCUT2D eigenvalue weighted by molar-refractivity contribution is 5.69. The molecule has 114 valence electrons. The van der Waals surface area contributed by atoms with Crippen molar-refractivity contribution in [3.63, 3.8) is 0 Å². The van der Waals surface area contributed by atoms with Gasteiger partial charge in [0.2, 0.25) is 0 Å². The molecule has 2 atom stereocenters. The molecule has 0 saturated carbocycles. The van der Waals surface area contributed by atoms with E-state index in [0.29, 0.717) is 31.4 Å². The highest BCUT2D eigenvalue weighted by Gasteiger charge is 2.11. The number of carboxylic acid groups (broad SMARTS) is 1. The van der Waals surface area contributed by atoms with Crippen LogP contribution in [0.1, 0.15) is 44.6 Å². The highest BCUT2D eigenvalue weighted by atomic mass is 16.5. The zero-order valence-electron chi connectivity index (χ0n) is 12.4. The molecule has 0 bridgehead atoms. The molecule has 0 aliphatic heterocycles. The number of nitrogens with zero attached hydrogens (tertiary/aromatic N) is 1. The van der Waals surface area contributed by atoms with Gasteiger partial charge in [-0.3, -0.25) is 4.79 Å². The minimum absolute atomic E-state index is 0.269. The normalized spacial score (nSPS) is 14.2. The van der Waals surface area contributed by atoms with E-state index in [1.165, 1.54) is 0 Å². The molecule has 0 aliphatic carbocycles. The summed E-state index contributed by atoms with van der Waals surface area (Å²) in [4.78, 5) is 10.7. The fourth-order valence-electron chi connectivity index (χ4n) is 1.88. The van der Waals surface area contributed by atoms with Gasteiger partial charge in [0.15, 0.2) is 5.76 Å². The van der Waals surface area contributed by atoms with Crippen molar-refractivity contribution in [3.8, 4) is 0 Å². The Morgan fingerprint density at radius 2 is 2.25 bits per heavy atom. The molecule has 2 N–H and O–H groups in total. The maximum absolute atomic E-state index is 10.7. The van der Waals surface area contributed by atoms with Crippen molar-refractivity contribution in [1.82, 2.24) is 10.5 Å². The lowest BCUT2D eigenvalue weighted by molar-refractivity contribution is -0.141. The lowest BCUT2D eigenvalue weighted by Gasteiger charge is -2.13. The summed E-state index contributed by atoms with van der Waals surface area (Å²) in [5.41, 5.74) is 0.850. The summed E-state index contributed by atoms with van der Waals surface area (Å²) in [6.45, 7) is 4.90. The number of hydrogen-bond donors (Lipinski definition) is 2. The number of carbonyl (C=O) groups is 1. The molecule has 0 saturated heterocycles. The molecular weight excluding hydrogens is 260 g/mol. The second-order valence-electron chi connectivity index (χ2n) is 5.17. The van der Waals surface area contributed by atoms with Crippen molar-refractivity contribution in [3.05, 3.63) is 17.5 Å². The van der Waals surface area contributed by atoms with E-state index >= 15 is 0 Å². The molecule has 1 aromatic heterocycles. The van der Waals surface area contributed by atoms with Gasteiger partial charge in [-0.15, -0.1) is 0 Å². The number of nitrogens with one attached hydrogen (secondary N) is 1. The van der Waals surface area contributed by atoms with Crippen molar-refractivity contribution < 1.29 is 19.2 Å². The minimum atomic E-state index is -0.723. The van der Waals surface area contributed by atoms with Gasteiger partial charge in [0.1, 0.15) is 6.61 Å². The van der Waals surface area contributed by atoms with E-state index in [1.54, 1.807) is 14.0 Å². The van der Waals surface area contributed by atoms with E-state index in [-0.39, 0.29) is 5.92 Å². The first-order valence-electron chi connectivity index (χ1n) is 6.92. The predicted molar refractivity (Wildman–Crippen MR) is 74.2 cm³/mol. The Bertz CT molecular complexity index is 406. The monoisotopic (exact) mass is 284 g/mol. The third kappa shape index (κ3) is 6.16. The van der Waals surface area contributed by atoms with E-state index in [9.17, 15) is 4.79 Å². The Morgan fingerprint density at radius 3 is 2.90 bits per heavy atom. The van der Waals surface area contributed by atoms with Gasteiger partial charge in [-0.1, -0.05) is 18.5 Å². The van der Waals surface area contributed by atoms with Crippen LogP contribution in [-0.4, -0.2) is 29.4 Å². The second-order valence-corrected chi connectivity index (χ2v) is 5.17. The van der Waals surface area contributed by atoms with Crippen molar-refractivity contribution in [2.45, 2.75) is 52.3 Å². The summed E-state index contributed by atoms with van der Waals surface area (Å²) in [7, 11) is 1.61. The minimum Gasteiger partial charge on any atom is -0.481 e. The van der Waals surface area contributed by atoms with Crippen LogP contribution in [0.5, 0.6) is 0 Å². The van der Waals surface area contributed by atoms with Gasteiger partial charge in [0, 0.05) is 25.8 Å². The first kappa shape index (κ1) is 16.7. The first-order valence-corrected chi connectivity index (χ1v) is 6.92. The van der Waals surface area contributed by atoms with Gasteiger partial charge in [0.05, 0.1) is 11.6 Å². The number of aromatic nitrogens is 1. The van der Waals surface area contributed by atoms with Crippen LogP contribution in [0.2, 0.25) is 0 Å². The number of carboxylic acids is 1. The summed E-state index contributed by atoms with van der Waals surface area (Å²) < 4.78 is 10.1. The molecule has 1 heterocycles. The van der Waals surface area contributed by atoms with Gasteiger partial charge in [-0.05, 0) is 19.8 Å². The van der Waals surface area contributed by atoms with Gasteiger partial charge in [-0.2, -0.15) is 0 Å². The third-order valence-corrected chi connectivity index (χ3v) is 3.22. The Hall–Kier alpha value is -1.40. The third-order valence-electron chi connectivity index (χ3n) is 3.22. The summed E-state index contributed by atoms with van der Waals surface area (Å²) >= 11 is 0. The van der Waals surface area contributed by atoms with Crippen LogP contribution in [0.25, 0.3) is 0 Å². The summed E-state index contributed by atoms with van der Waals surface area (Å²) in [6.07, 6.45) is 2.55. The first-order chi connectivity index (χ1) is 9.52. The summed E-state index contributed by atoms with van der Waals surface area (Å²) in [6, 6.07) is 2.19. The van der Waals surface area contributed by atoms with E-state index in [2.05, 4.69) is 17.4 Å². The number of methoxy groups -OCH3 is 1. The van der Waals surface area contributed by atoms with E-state index in [0.717, 1.165) is 18.5 Å². The van der Waals surface area contributed by atoms with Gasteiger partial charge < -0.3 is 19.7 Å². The number of aliphatic carboxylic acids is 1. The summed E-state index contributed by atoms with van der Waals surface area (Å²) in [5, 5.41) is 16.1. The molecule has 6 heteroatoms. The second kappa shape index (κ2) is 8.71. The molecule has 1 aromatic rings. The number of ether oxygens (including phenoxy) is 1. The van der Waals surface area contributed by atoms with Crippen molar-refractivity contribution in [2.75, 3.05) is 7.11 Å².